The zero-order valence-corrected chi connectivity index (χ0v) is 10.4. The number of hydrogen-bond acceptors (Lipinski definition) is 4. The number of hydrogen-bond donors (Lipinski definition) is 2. The zero-order chi connectivity index (χ0) is 13.6. The molecule has 0 aliphatic rings. The summed E-state index contributed by atoms with van der Waals surface area (Å²) in [5, 5.41) is 0.0465. The fourth-order valence-electron chi connectivity index (χ4n) is 1.70. The number of benzene rings is 2. The van der Waals surface area contributed by atoms with Gasteiger partial charge in [-0.05, 0) is 12.1 Å². The number of rotatable bonds is 2. The van der Waals surface area contributed by atoms with Crippen molar-refractivity contribution in [1.82, 2.24) is 0 Å². The van der Waals surface area contributed by atoms with Gasteiger partial charge in [0.2, 0.25) is 0 Å². The predicted molar refractivity (Wildman–Crippen MR) is 70.7 cm³/mol. The van der Waals surface area contributed by atoms with Crippen molar-refractivity contribution in [3.05, 3.63) is 36.4 Å². The Labute approximate surface area is 122 Å². The van der Waals surface area contributed by atoms with Crippen molar-refractivity contribution in [2.75, 3.05) is 0 Å². The molecule has 0 aliphatic carbocycles. The van der Waals surface area contributed by atoms with Gasteiger partial charge in [0.15, 0.2) is 0 Å². The van der Waals surface area contributed by atoms with Crippen molar-refractivity contribution in [1.29, 1.82) is 0 Å². The van der Waals surface area contributed by atoms with Crippen molar-refractivity contribution in [3.63, 3.8) is 0 Å². The van der Waals surface area contributed by atoms with Crippen LogP contribution in [0.3, 0.4) is 0 Å². The normalized spacial score (nSPS) is 12.1. The SMILES string of the molecule is O=S(=O)(O)c1cccc2c(S(=O)(=O)O)cccc12.[LiH]. The van der Waals surface area contributed by atoms with Crippen molar-refractivity contribution >= 4 is 49.9 Å². The van der Waals surface area contributed by atoms with Crippen molar-refractivity contribution in [2.45, 2.75) is 9.79 Å². The maximum absolute atomic E-state index is 11.2. The van der Waals surface area contributed by atoms with Crippen LogP contribution in [0.4, 0.5) is 0 Å². The van der Waals surface area contributed by atoms with Crippen molar-refractivity contribution in [2.24, 2.45) is 0 Å². The summed E-state index contributed by atoms with van der Waals surface area (Å²) < 4.78 is 62.7. The molecule has 0 spiro atoms. The summed E-state index contributed by atoms with van der Waals surface area (Å²) in [6.07, 6.45) is 0. The summed E-state index contributed by atoms with van der Waals surface area (Å²) in [4.78, 5) is -0.823. The summed E-state index contributed by atoms with van der Waals surface area (Å²) >= 11 is 0. The Morgan fingerprint density at radius 1 is 0.684 bits per heavy atom. The van der Waals surface area contributed by atoms with Gasteiger partial charge >= 0.3 is 18.9 Å². The van der Waals surface area contributed by atoms with Crippen LogP contribution in [0.1, 0.15) is 0 Å². The fraction of sp³-hybridized carbons (Fsp3) is 0. The average molecular weight is 296 g/mol. The van der Waals surface area contributed by atoms with Gasteiger partial charge in [0, 0.05) is 10.8 Å². The molecular weight excluding hydrogens is 287 g/mol. The molecule has 0 amide bonds. The van der Waals surface area contributed by atoms with Gasteiger partial charge < -0.3 is 0 Å². The van der Waals surface area contributed by atoms with Crippen LogP contribution in [0.25, 0.3) is 10.8 Å². The van der Waals surface area contributed by atoms with Crippen LogP contribution in [0.5, 0.6) is 0 Å². The van der Waals surface area contributed by atoms with E-state index in [1.54, 1.807) is 0 Å². The molecule has 0 heterocycles. The molecule has 0 unspecified atom stereocenters. The van der Waals surface area contributed by atoms with E-state index in [0.29, 0.717) is 0 Å². The van der Waals surface area contributed by atoms with Gasteiger partial charge in [-0.1, -0.05) is 24.3 Å². The topological polar surface area (TPSA) is 109 Å². The van der Waals surface area contributed by atoms with E-state index in [9.17, 15) is 16.8 Å². The zero-order valence-electron chi connectivity index (χ0n) is 8.81. The second-order valence-corrected chi connectivity index (χ2v) is 6.34. The van der Waals surface area contributed by atoms with Gasteiger partial charge in [0.25, 0.3) is 20.2 Å². The van der Waals surface area contributed by atoms with Crippen LogP contribution in [0.15, 0.2) is 46.2 Å². The van der Waals surface area contributed by atoms with Crippen LogP contribution in [0.2, 0.25) is 0 Å². The van der Waals surface area contributed by atoms with E-state index in [4.69, 9.17) is 9.11 Å². The third kappa shape index (κ3) is 3.17. The van der Waals surface area contributed by atoms with Gasteiger partial charge in [-0.3, -0.25) is 9.11 Å². The molecule has 0 fully saturated rings. The molecule has 0 bridgehead atoms. The van der Waals surface area contributed by atoms with Gasteiger partial charge in [-0.15, -0.1) is 0 Å². The van der Waals surface area contributed by atoms with E-state index in [1.807, 2.05) is 0 Å². The quantitative estimate of drug-likeness (QED) is 0.623. The molecule has 19 heavy (non-hydrogen) atoms. The number of fused-ring (bicyclic) bond motifs is 1. The summed E-state index contributed by atoms with van der Waals surface area (Å²) in [7, 11) is -8.94. The summed E-state index contributed by atoms with van der Waals surface area (Å²) in [5.41, 5.74) is 0. The van der Waals surface area contributed by atoms with Gasteiger partial charge in [-0.2, -0.15) is 16.8 Å². The maximum atomic E-state index is 11.2. The monoisotopic (exact) mass is 296 g/mol. The van der Waals surface area contributed by atoms with E-state index < -0.39 is 30.0 Å². The van der Waals surface area contributed by atoms with E-state index in [-0.39, 0.29) is 29.6 Å². The first kappa shape index (κ1) is 16.2. The van der Waals surface area contributed by atoms with Crippen LogP contribution >= 0.6 is 0 Å². The molecule has 0 aromatic heterocycles. The van der Waals surface area contributed by atoms with E-state index in [2.05, 4.69) is 0 Å². The molecule has 2 N–H and O–H groups in total. The standard InChI is InChI=1S/C10H8O6S2.Li.H/c11-17(12,13)9-5-1-3-7-8(9)4-2-6-10(7)18(14,15)16;;/h1-6H,(H,11,12,13)(H,14,15,16);;. The van der Waals surface area contributed by atoms with E-state index >= 15 is 0 Å². The first-order valence-electron chi connectivity index (χ1n) is 4.68. The van der Waals surface area contributed by atoms with Gasteiger partial charge in [0.1, 0.15) is 9.79 Å². The molecule has 0 saturated heterocycles. The van der Waals surface area contributed by atoms with Crippen LogP contribution in [0, 0.1) is 0 Å². The Morgan fingerprint density at radius 3 is 1.26 bits per heavy atom. The Morgan fingerprint density at radius 2 is 1.00 bits per heavy atom. The summed E-state index contributed by atoms with van der Waals surface area (Å²) in [5.74, 6) is 0. The summed E-state index contributed by atoms with van der Waals surface area (Å²) in [6.45, 7) is 0. The second-order valence-electron chi connectivity index (χ2n) is 3.56. The third-order valence-corrected chi connectivity index (χ3v) is 4.22. The molecule has 9 heteroatoms. The predicted octanol–water partition coefficient (Wildman–Crippen LogP) is 0.685. The van der Waals surface area contributed by atoms with Crippen LogP contribution < -0.4 is 0 Å². The Kier molecular flexibility index (Phi) is 4.46. The molecule has 6 nitrogen and oxygen atoms in total. The molecule has 98 valence electrons. The van der Waals surface area contributed by atoms with Crippen molar-refractivity contribution < 1.29 is 25.9 Å². The molecule has 0 radical (unpaired) electrons. The van der Waals surface area contributed by atoms with Crippen molar-refractivity contribution in [3.8, 4) is 0 Å². The van der Waals surface area contributed by atoms with E-state index in [1.165, 1.54) is 24.3 Å². The Hall–Kier alpha value is -0.883. The summed E-state index contributed by atoms with van der Waals surface area (Å²) in [6, 6.07) is 7.53. The second kappa shape index (κ2) is 5.24. The fourth-order valence-corrected chi connectivity index (χ4v) is 3.12. The Balaban J connectivity index is 0.00000180. The van der Waals surface area contributed by atoms with E-state index in [0.717, 1.165) is 12.1 Å². The Bertz CT molecular complexity index is 755. The van der Waals surface area contributed by atoms with Crippen LogP contribution in [-0.4, -0.2) is 44.8 Å². The first-order chi connectivity index (χ1) is 8.21. The molecular formula is C10H9LiO6S2. The average Bonchev–Trinajstić information content (AvgIpc) is 2.24. The minimum atomic E-state index is -4.47. The molecule has 0 atom stereocenters. The molecule has 0 aliphatic heterocycles. The van der Waals surface area contributed by atoms with Gasteiger partial charge in [0.05, 0.1) is 0 Å². The van der Waals surface area contributed by atoms with Gasteiger partial charge in [-0.25, -0.2) is 0 Å². The van der Waals surface area contributed by atoms with Crippen LogP contribution in [-0.2, 0) is 20.2 Å². The minimum absolute atomic E-state index is 0. The molecule has 2 aromatic carbocycles. The molecule has 0 saturated carbocycles. The third-order valence-electron chi connectivity index (χ3n) is 2.40. The molecule has 2 aromatic rings. The first-order valence-corrected chi connectivity index (χ1v) is 7.56. The molecule has 2 rings (SSSR count).